The van der Waals surface area contributed by atoms with Gasteiger partial charge in [-0.3, -0.25) is 4.90 Å². The van der Waals surface area contributed by atoms with E-state index < -0.39 is 0 Å². The zero-order valence-corrected chi connectivity index (χ0v) is 10.0. The predicted molar refractivity (Wildman–Crippen MR) is 62.1 cm³/mol. The first-order valence-corrected chi connectivity index (χ1v) is 6.35. The van der Waals surface area contributed by atoms with Crippen LogP contribution < -0.4 is 5.32 Å². The number of hydrogen-bond donors (Lipinski definition) is 1. The van der Waals surface area contributed by atoms with Gasteiger partial charge in [-0.05, 0) is 46.2 Å². The lowest BCUT2D eigenvalue weighted by Crippen LogP contribution is -2.39. The summed E-state index contributed by atoms with van der Waals surface area (Å²) >= 11 is 0. The molecule has 0 aromatic rings. The smallest absolute Gasteiger partial charge is 0.0706 e. The van der Waals surface area contributed by atoms with Crippen LogP contribution in [0, 0.1) is 0 Å². The highest BCUT2D eigenvalue weighted by molar-refractivity contribution is 4.78. The highest BCUT2D eigenvalue weighted by atomic mass is 16.5. The minimum absolute atomic E-state index is 0.484. The molecule has 0 spiro atoms. The van der Waals surface area contributed by atoms with Crippen molar-refractivity contribution in [3.05, 3.63) is 0 Å². The van der Waals surface area contributed by atoms with Crippen LogP contribution in [0.15, 0.2) is 0 Å². The number of nitrogens with zero attached hydrogens (tertiary/aromatic N) is 1. The fraction of sp³-hybridized carbons (Fsp3) is 1.00. The van der Waals surface area contributed by atoms with Crippen LogP contribution in [-0.2, 0) is 4.74 Å². The highest BCUT2D eigenvalue weighted by Gasteiger charge is 2.25. The van der Waals surface area contributed by atoms with Gasteiger partial charge in [0.1, 0.15) is 0 Å². The first-order valence-electron chi connectivity index (χ1n) is 6.35. The lowest BCUT2D eigenvalue weighted by molar-refractivity contribution is 0.0315. The van der Waals surface area contributed by atoms with Crippen molar-refractivity contribution in [1.82, 2.24) is 10.2 Å². The van der Waals surface area contributed by atoms with Crippen LogP contribution in [0.4, 0.5) is 0 Å². The topological polar surface area (TPSA) is 24.5 Å². The lowest BCUT2D eigenvalue weighted by atomic mass is 10.2. The molecule has 3 atom stereocenters. The quantitative estimate of drug-likeness (QED) is 0.745. The van der Waals surface area contributed by atoms with Crippen LogP contribution >= 0.6 is 0 Å². The number of rotatable bonds is 2. The van der Waals surface area contributed by atoms with Crippen LogP contribution in [0.5, 0.6) is 0 Å². The Balaban J connectivity index is 1.77. The van der Waals surface area contributed by atoms with Crippen molar-refractivity contribution in [2.75, 3.05) is 26.2 Å². The predicted octanol–water partition coefficient (Wildman–Crippen LogP) is 1.24. The van der Waals surface area contributed by atoms with E-state index in [1.807, 2.05) is 0 Å². The van der Waals surface area contributed by atoms with E-state index in [9.17, 15) is 0 Å². The lowest BCUT2D eigenvalue weighted by Gasteiger charge is -2.25. The third-order valence-electron chi connectivity index (χ3n) is 3.46. The van der Waals surface area contributed by atoms with Crippen LogP contribution in [0.2, 0.25) is 0 Å². The van der Waals surface area contributed by atoms with Gasteiger partial charge < -0.3 is 10.1 Å². The van der Waals surface area contributed by atoms with Gasteiger partial charge in [0.15, 0.2) is 0 Å². The van der Waals surface area contributed by atoms with Gasteiger partial charge in [-0.1, -0.05) is 0 Å². The summed E-state index contributed by atoms with van der Waals surface area (Å²) in [5.41, 5.74) is 0. The van der Waals surface area contributed by atoms with E-state index in [2.05, 4.69) is 24.1 Å². The summed E-state index contributed by atoms with van der Waals surface area (Å²) in [4.78, 5) is 2.56. The fourth-order valence-corrected chi connectivity index (χ4v) is 2.67. The van der Waals surface area contributed by atoms with E-state index >= 15 is 0 Å². The molecule has 0 bridgehead atoms. The number of ether oxygens (including phenoxy) is 1. The molecule has 2 rings (SSSR count). The van der Waals surface area contributed by atoms with Crippen LogP contribution in [0.3, 0.4) is 0 Å². The highest BCUT2D eigenvalue weighted by Crippen LogP contribution is 2.20. The van der Waals surface area contributed by atoms with Gasteiger partial charge in [0, 0.05) is 19.1 Å². The Morgan fingerprint density at radius 2 is 2.20 bits per heavy atom. The molecule has 15 heavy (non-hydrogen) atoms. The SMILES string of the molecule is CC1CN(CC2CCC(C)O2)CCCN1. The van der Waals surface area contributed by atoms with Gasteiger partial charge in [0.05, 0.1) is 12.2 Å². The molecule has 2 aliphatic heterocycles. The first kappa shape index (κ1) is 11.4. The molecule has 0 radical (unpaired) electrons. The third kappa shape index (κ3) is 3.44. The second kappa shape index (κ2) is 5.28. The average molecular weight is 212 g/mol. The Kier molecular flexibility index (Phi) is 4.00. The van der Waals surface area contributed by atoms with Crippen LogP contribution in [0.25, 0.3) is 0 Å². The molecule has 0 aromatic heterocycles. The summed E-state index contributed by atoms with van der Waals surface area (Å²) in [5, 5.41) is 3.53. The van der Waals surface area contributed by atoms with Crippen LogP contribution in [0.1, 0.15) is 33.1 Å². The van der Waals surface area contributed by atoms with Gasteiger partial charge in [-0.25, -0.2) is 0 Å². The standard InChI is InChI=1S/C12H24N2O/c1-10-8-14(7-3-6-13-10)9-12-5-4-11(2)15-12/h10-13H,3-9H2,1-2H3. The molecule has 0 saturated carbocycles. The van der Waals surface area contributed by atoms with E-state index in [0.29, 0.717) is 18.2 Å². The molecular weight excluding hydrogens is 188 g/mol. The summed E-state index contributed by atoms with van der Waals surface area (Å²) in [6.07, 6.45) is 4.74. The summed E-state index contributed by atoms with van der Waals surface area (Å²) in [7, 11) is 0. The Morgan fingerprint density at radius 3 is 2.93 bits per heavy atom. The largest absolute Gasteiger partial charge is 0.374 e. The van der Waals surface area contributed by atoms with Crippen molar-refractivity contribution in [1.29, 1.82) is 0 Å². The normalized spacial score (nSPS) is 39.2. The molecule has 2 saturated heterocycles. The van der Waals surface area contributed by atoms with E-state index in [-0.39, 0.29) is 0 Å². The van der Waals surface area contributed by atoms with Crippen molar-refractivity contribution < 1.29 is 4.74 Å². The Labute approximate surface area is 93.2 Å². The number of hydrogen-bond acceptors (Lipinski definition) is 3. The molecular formula is C12H24N2O. The molecule has 0 aliphatic carbocycles. The van der Waals surface area contributed by atoms with Crippen LogP contribution in [-0.4, -0.2) is 49.3 Å². The second-order valence-electron chi connectivity index (χ2n) is 5.11. The maximum Gasteiger partial charge on any atom is 0.0706 e. The first-order chi connectivity index (χ1) is 7.24. The van der Waals surface area contributed by atoms with E-state index in [1.54, 1.807) is 0 Å². The maximum absolute atomic E-state index is 5.88. The minimum atomic E-state index is 0.484. The van der Waals surface area contributed by atoms with Gasteiger partial charge in [-0.2, -0.15) is 0 Å². The van der Waals surface area contributed by atoms with E-state index in [1.165, 1.54) is 38.9 Å². The molecule has 2 heterocycles. The van der Waals surface area contributed by atoms with E-state index in [4.69, 9.17) is 4.74 Å². The van der Waals surface area contributed by atoms with Gasteiger partial charge >= 0.3 is 0 Å². The third-order valence-corrected chi connectivity index (χ3v) is 3.46. The van der Waals surface area contributed by atoms with Crippen molar-refractivity contribution in [3.8, 4) is 0 Å². The maximum atomic E-state index is 5.88. The second-order valence-corrected chi connectivity index (χ2v) is 5.11. The Bertz CT molecular complexity index is 198. The van der Waals surface area contributed by atoms with Crippen molar-refractivity contribution >= 4 is 0 Å². The molecule has 3 nitrogen and oxygen atoms in total. The Hall–Kier alpha value is -0.120. The van der Waals surface area contributed by atoms with Crippen molar-refractivity contribution in [3.63, 3.8) is 0 Å². The molecule has 88 valence electrons. The zero-order chi connectivity index (χ0) is 10.7. The van der Waals surface area contributed by atoms with Crippen molar-refractivity contribution in [2.24, 2.45) is 0 Å². The molecule has 1 N–H and O–H groups in total. The van der Waals surface area contributed by atoms with Gasteiger partial charge in [-0.15, -0.1) is 0 Å². The van der Waals surface area contributed by atoms with Gasteiger partial charge in [0.2, 0.25) is 0 Å². The van der Waals surface area contributed by atoms with Crippen molar-refractivity contribution in [2.45, 2.75) is 51.4 Å². The summed E-state index contributed by atoms with van der Waals surface area (Å²) in [6.45, 7) is 9.17. The zero-order valence-electron chi connectivity index (χ0n) is 10.0. The van der Waals surface area contributed by atoms with E-state index in [0.717, 1.165) is 6.54 Å². The summed E-state index contributed by atoms with van der Waals surface area (Å²) in [5.74, 6) is 0. The molecule has 2 fully saturated rings. The molecule has 0 aromatic carbocycles. The Morgan fingerprint density at radius 1 is 1.33 bits per heavy atom. The summed E-state index contributed by atoms with van der Waals surface area (Å²) in [6, 6.07) is 0.631. The van der Waals surface area contributed by atoms with Gasteiger partial charge in [0.25, 0.3) is 0 Å². The summed E-state index contributed by atoms with van der Waals surface area (Å²) < 4.78 is 5.88. The average Bonchev–Trinajstić information content (AvgIpc) is 2.46. The minimum Gasteiger partial charge on any atom is -0.374 e. The molecule has 3 heteroatoms. The monoisotopic (exact) mass is 212 g/mol. The molecule has 2 aliphatic rings. The molecule has 0 amide bonds. The molecule has 3 unspecified atom stereocenters. The number of nitrogens with one attached hydrogen (secondary N) is 1. The fourth-order valence-electron chi connectivity index (χ4n) is 2.67.